The minimum Gasteiger partial charge on any atom is -0.384 e. The second kappa shape index (κ2) is 4.91. The monoisotopic (exact) mass is 391 g/mol. The van der Waals surface area contributed by atoms with Crippen LogP contribution in [0.5, 0.6) is 0 Å². The number of H-pyrrole nitrogens is 1. The maximum atomic E-state index is 11.0. The number of aliphatic hydroxyl groups is 4. The first kappa shape index (κ1) is 16.2. The van der Waals surface area contributed by atoms with E-state index in [-0.39, 0.29) is 5.69 Å². The average Bonchev–Trinajstić information content (AvgIpc) is 2.87. The Morgan fingerprint density at radius 2 is 1.91 bits per heavy atom. The summed E-state index contributed by atoms with van der Waals surface area (Å²) in [6, 6.07) is 8.71. The summed E-state index contributed by atoms with van der Waals surface area (Å²) >= 11 is 9.19. The molecule has 2 aromatic rings. The Morgan fingerprint density at radius 1 is 1.27 bits per heavy atom. The summed E-state index contributed by atoms with van der Waals surface area (Å²) in [5, 5.41) is 40.1. The summed E-state index contributed by atoms with van der Waals surface area (Å²) in [5.74, 6) is 0. The van der Waals surface area contributed by atoms with E-state index in [0.29, 0.717) is 5.52 Å². The zero-order chi connectivity index (χ0) is 16.3. The third kappa shape index (κ3) is 1.98. The van der Waals surface area contributed by atoms with Crippen LogP contribution >= 0.6 is 27.5 Å². The predicted molar refractivity (Wildman–Crippen MR) is 83.4 cm³/mol. The van der Waals surface area contributed by atoms with Gasteiger partial charge in [-0.1, -0.05) is 29.8 Å². The molecule has 120 valence electrons. The molecule has 5 atom stereocenters. The Morgan fingerprint density at radius 3 is 2.55 bits per heavy atom. The van der Waals surface area contributed by atoms with Crippen LogP contribution in [0.4, 0.5) is 0 Å². The second-order valence-electron chi connectivity index (χ2n) is 5.53. The van der Waals surface area contributed by atoms with Crippen molar-refractivity contribution >= 4 is 38.4 Å². The number of nitrogens with one attached hydrogen (secondary N) is 1. The van der Waals surface area contributed by atoms with Gasteiger partial charge in [0, 0.05) is 5.52 Å². The van der Waals surface area contributed by atoms with Crippen LogP contribution < -0.4 is 0 Å². The van der Waals surface area contributed by atoms with Gasteiger partial charge >= 0.3 is 0 Å². The minimum atomic E-state index is -2.46. The largest absolute Gasteiger partial charge is 0.384 e. The first-order valence-electron chi connectivity index (χ1n) is 6.56. The molecule has 0 amide bonds. The van der Waals surface area contributed by atoms with Crippen molar-refractivity contribution in [2.45, 2.75) is 34.5 Å². The molecule has 1 aromatic heterocycles. The highest BCUT2D eigenvalue weighted by atomic mass is 79.9. The molecule has 8 heteroatoms. The van der Waals surface area contributed by atoms with Gasteiger partial charge in [-0.2, -0.15) is 0 Å². The topological polar surface area (TPSA) is 106 Å². The lowest BCUT2D eigenvalue weighted by atomic mass is 9.81. The van der Waals surface area contributed by atoms with Gasteiger partial charge in [0.15, 0.2) is 16.4 Å². The molecule has 1 aliphatic heterocycles. The first-order chi connectivity index (χ1) is 10.1. The molecule has 1 fully saturated rings. The van der Waals surface area contributed by atoms with Crippen molar-refractivity contribution in [2.24, 2.45) is 0 Å². The third-order valence-electron chi connectivity index (χ3n) is 4.08. The number of ether oxygens (including phenoxy) is 1. The Bertz CT molecular complexity index is 685. The van der Waals surface area contributed by atoms with Gasteiger partial charge < -0.3 is 30.1 Å². The molecule has 1 aliphatic rings. The molecule has 0 aliphatic carbocycles. The van der Waals surface area contributed by atoms with Gasteiger partial charge in [-0.3, -0.25) is 0 Å². The highest BCUT2D eigenvalue weighted by Crippen LogP contribution is 2.54. The summed E-state index contributed by atoms with van der Waals surface area (Å²) in [6.45, 7) is 1.34. The fourth-order valence-corrected chi connectivity index (χ4v) is 3.48. The van der Waals surface area contributed by atoms with Crippen molar-refractivity contribution in [3.8, 4) is 0 Å². The van der Waals surface area contributed by atoms with E-state index in [4.69, 9.17) is 16.3 Å². The Kier molecular flexibility index (Phi) is 3.62. The smallest absolute Gasteiger partial charge is 0.215 e. The van der Waals surface area contributed by atoms with Crippen molar-refractivity contribution < 1.29 is 25.2 Å². The molecule has 5 N–H and O–H groups in total. The number of aliphatic hydroxyl groups excluding tert-OH is 2. The van der Waals surface area contributed by atoms with E-state index in [9.17, 15) is 20.4 Å². The van der Waals surface area contributed by atoms with E-state index < -0.39 is 27.6 Å². The van der Waals surface area contributed by atoms with Gasteiger partial charge in [-0.25, -0.2) is 0 Å². The van der Waals surface area contributed by atoms with Crippen LogP contribution in [-0.2, 0) is 10.3 Å². The standard InChI is InChI=1S/C14H15BrClNO5/c1-12(15)14(16,21)13(20,10(18)11(19)22-12)9-6-7-4-2-3-5-8(7)17-9/h2-6,10-11,17-21H,1H3/t10-,11+,12+,13+,14-/m0/s1. The SMILES string of the molecule is C[C@@]1(Br)O[C@@H](O)[C@H](O)[C@](O)(c2cc3ccccc3[nH]2)[C@]1(O)Cl. The van der Waals surface area contributed by atoms with Crippen molar-refractivity contribution in [1.82, 2.24) is 4.98 Å². The second-order valence-corrected chi connectivity index (χ2v) is 7.59. The van der Waals surface area contributed by atoms with E-state index in [1.807, 2.05) is 0 Å². The Hall–Kier alpha value is -0.670. The number of fused-ring (bicyclic) bond motifs is 1. The molecule has 0 bridgehead atoms. The number of aromatic nitrogens is 1. The lowest BCUT2D eigenvalue weighted by molar-refractivity contribution is -0.341. The van der Waals surface area contributed by atoms with Crippen LogP contribution in [-0.4, -0.2) is 47.4 Å². The van der Waals surface area contributed by atoms with E-state index in [1.54, 1.807) is 30.3 Å². The van der Waals surface area contributed by atoms with E-state index in [2.05, 4.69) is 20.9 Å². The molecular weight excluding hydrogens is 378 g/mol. The summed E-state index contributed by atoms with van der Waals surface area (Å²) in [5.41, 5.74) is -1.65. The van der Waals surface area contributed by atoms with E-state index in [1.165, 1.54) is 6.92 Å². The number of rotatable bonds is 1. The lowest BCUT2D eigenvalue weighted by Gasteiger charge is -2.53. The fourth-order valence-electron chi connectivity index (χ4n) is 2.73. The van der Waals surface area contributed by atoms with Crippen LogP contribution in [0.25, 0.3) is 10.9 Å². The van der Waals surface area contributed by atoms with Gasteiger partial charge in [-0.05, 0) is 40.4 Å². The van der Waals surface area contributed by atoms with Gasteiger partial charge in [0.2, 0.25) is 5.06 Å². The number of hydrogen-bond acceptors (Lipinski definition) is 5. The minimum absolute atomic E-state index is 0.0618. The number of halogens is 2. The molecule has 6 nitrogen and oxygen atoms in total. The number of benzene rings is 1. The quantitative estimate of drug-likeness (QED) is 0.467. The first-order valence-corrected chi connectivity index (χ1v) is 7.73. The van der Waals surface area contributed by atoms with Gasteiger partial charge in [0.05, 0.1) is 5.69 Å². The molecule has 22 heavy (non-hydrogen) atoms. The van der Waals surface area contributed by atoms with Crippen molar-refractivity contribution in [1.29, 1.82) is 0 Å². The van der Waals surface area contributed by atoms with Crippen LogP contribution in [0.2, 0.25) is 0 Å². The van der Waals surface area contributed by atoms with E-state index >= 15 is 0 Å². The molecule has 0 saturated carbocycles. The summed E-state index contributed by atoms with van der Waals surface area (Å²) in [7, 11) is 0. The molecule has 1 saturated heterocycles. The van der Waals surface area contributed by atoms with Crippen LogP contribution in [0.1, 0.15) is 12.6 Å². The molecule has 0 unspecified atom stereocenters. The normalized spacial score (nSPS) is 42.7. The van der Waals surface area contributed by atoms with Crippen LogP contribution in [0, 0.1) is 0 Å². The average molecular weight is 393 g/mol. The number of para-hydroxylation sites is 1. The predicted octanol–water partition coefficient (Wildman–Crippen LogP) is 1.10. The molecular formula is C14H15BrClNO5. The molecule has 3 rings (SSSR count). The Labute approximate surface area is 139 Å². The highest BCUT2D eigenvalue weighted by molar-refractivity contribution is 9.10. The van der Waals surface area contributed by atoms with Crippen LogP contribution in [0.3, 0.4) is 0 Å². The Balaban J connectivity index is 2.23. The number of hydrogen-bond donors (Lipinski definition) is 5. The van der Waals surface area contributed by atoms with Crippen molar-refractivity contribution in [3.05, 3.63) is 36.0 Å². The number of alkyl halides is 2. The lowest BCUT2D eigenvalue weighted by Crippen LogP contribution is -2.72. The van der Waals surface area contributed by atoms with Gasteiger partial charge in [0.25, 0.3) is 0 Å². The number of aromatic amines is 1. The zero-order valence-electron chi connectivity index (χ0n) is 11.5. The van der Waals surface area contributed by atoms with Crippen molar-refractivity contribution in [2.75, 3.05) is 0 Å². The molecule has 2 heterocycles. The summed E-state index contributed by atoms with van der Waals surface area (Å²) < 4.78 is 3.36. The molecule has 0 radical (unpaired) electrons. The van der Waals surface area contributed by atoms with Gasteiger partial charge in [-0.15, -0.1) is 0 Å². The molecule has 1 aromatic carbocycles. The van der Waals surface area contributed by atoms with Crippen LogP contribution in [0.15, 0.2) is 30.3 Å². The van der Waals surface area contributed by atoms with Gasteiger partial charge in [0.1, 0.15) is 6.10 Å². The summed E-state index contributed by atoms with van der Waals surface area (Å²) in [4.78, 5) is 2.91. The van der Waals surface area contributed by atoms with E-state index in [0.717, 1.165) is 5.39 Å². The molecule has 0 spiro atoms. The fraction of sp³-hybridized carbons (Fsp3) is 0.429. The zero-order valence-corrected chi connectivity index (χ0v) is 13.8. The maximum absolute atomic E-state index is 11.0. The third-order valence-corrected chi connectivity index (χ3v) is 5.72. The highest BCUT2D eigenvalue weighted by Gasteiger charge is 2.70. The summed E-state index contributed by atoms with van der Waals surface area (Å²) in [6.07, 6.45) is -3.62. The van der Waals surface area contributed by atoms with Crippen molar-refractivity contribution in [3.63, 3.8) is 0 Å². The maximum Gasteiger partial charge on any atom is 0.215 e.